The van der Waals surface area contributed by atoms with E-state index in [-0.39, 0.29) is 0 Å². The summed E-state index contributed by atoms with van der Waals surface area (Å²) in [6.45, 7) is 9.79. The summed E-state index contributed by atoms with van der Waals surface area (Å²) in [5.41, 5.74) is 4.42. The lowest BCUT2D eigenvalue weighted by atomic mass is 10.1. The van der Waals surface area contributed by atoms with Gasteiger partial charge >= 0.3 is 11.9 Å². The summed E-state index contributed by atoms with van der Waals surface area (Å²) in [4.78, 5) is 34.0. The van der Waals surface area contributed by atoms with Crippen molar-refractivity contribution in [2.45, 2.75) is 41.5 Å². The second-order valence-corrected chi connectivity index (χ2v) is 4.64. The summed E-state index contributed by atoms with van der Waals surface area (Å²) in [5, 5.41) is 7.54. The van der Waals surface area contributed by atoms with Gasteiger partial charge in [-0.15, -0.1) is 0 Å². The van der Waals surface area contributed by atoms with Crippen molar-refractivity contribution >= 4 is 23.4 Å². The molecule has 0 fully saturated rings. The van der Waals surface area contributed by atoms with Crippen LogP contribution < -0.4 is 0 Å². The van der Waals surface area contributed by atoms with Crippen molar-refractivity contribution in [2.75, 3.05) is 0 Å². The first-order valence-corrected chi connectivity index (χ1v) is 6.38. The molecule has 1 N–H and O–H groups in total. The summed E-state index contributed by atoms with van der Waals surface area (Å²) in [7, 11) is 0. The zero-order valence-electron chi connectivity index (χ0n) is 13.0. The molecule has 1 aromatic rings. The van der Waals surface area contributed by atoms with Crippen LogP contribution in [0.25, 0.3) is 0 Å². The summed E-state index contributed by atoms with van der Waals surface area (Å²) >= 11 is 0. The van der Waals surface area contributed by atoms with E-state index in [2.05, 4.69) is 25.0 Å². The highest BCUT2D eigenvalue weighted by Gasteiger charge is 2.16. The van der Waals surface area contributed by atoms with Gasteiger partial charge in [-0.2, -0.15) is 0 Å². The number of nitrogens with one attached hydrogen (secondary N) is 1. The van der Waals surface area contributed by atoms with Crippen molar-refractivity contribution in [3.63, 3.8) is 0 Å². The minimum Gasteiger partial charge on any atom is -0.357 e. The third-order valence-corrected chi connectivity index (χ3v) is 2.78. The molecule has 1 aromatic heterocycles. The lowest BCUT2D eigenvalue weighted by molar-refractivity contribution is -0.141. The molecule has 0 radical (unpaired) electrons. The van der Waals surface area contributed by atoms with Gasteiger partial charge in [0, 0.05) is 25.1 Å². The minimum absolute atomic E-state index is 0.479. The van der Waals surface area contributed by atoms with E-state index in [0.29, 0.717) is 11.4 Å². The van der Waals surface area contributed by atoms with Gasteiger partial charge in [-0.25, -0.2) is 9.59 Å². The molecule has 0 spiro atoms. The zero-order valence-corrected chi connectivity index (χ0v) is 13.0. The fourth-order valence-electron chi connectivity index (χ4n) is 2.01. The summed E-state index contributed by atoms with van der Waals surface area (Å²) in [6, 6.07) is 0. The number of carbonyl (C=O) groups is 2. The SMILES string of the molecule is CC(=O)O/N=C(\C)c1[nH]c(C)c(/C(C)=N/OC(C)=O)c1C. The molecule has 7 heteroatoms. The normalized spacial score (nSPS) is 12.3. The highest BCUT2D eigenvalue weighted by Crippen LogP contribution is 2.20. The Morgan fingerprint density at radius 1 is 0.905 bits per heavy atom. The van der Waals surface area contributed by atoms with E-state index in [1.165, 1.54) is 13.8 Å². The average Bonchev–Trinajstić information content (AvgIpc) is 2.68. The van der Waals surface area contributed by atoms with E-state index in [9.17, 15) is 9.59 Å². The monoisotopic (exact) mass is 293 g/mol. The van der Waals surface area contributed by atoms with Gasteiger partial charge in [-0.1, -0.05) is 10.3 Å². The third-order valence-electron chi connectivity index (χ3n) is 2.78. The summed E-state index contributed by atoms with van der Waals surface area (Å²) in [6.07, 6.45) is 0. The summed E-state index contributed by atoms with van der Waals surface area (Å²) in [5.74, 6) is -0.962. The Kier molecular flexibility index (Phi) is 5.40. The van der Waals surface area contributed by atoms with Gasteiger partial charge in [0.2, 0.25) is 0 Å². The van der Waals surface area contributed by atoms with Crippen LogP contribution in [0.15, 0.2) is 10.3 Å². The molecule has 0 aliphatic carbocycles. The third kappa shape index (κ3) is 4.27. The van der Waals surface area contributed by atoms with E-state index < -0.39 is 11.9 Å². The van der Waals surface area contributed by atoms with E-state index in [1.807, 2.05) is 13.8 Å². The maximum atomic E-state index is 10.8. The first kappa shape index (κ1) is 16.6. The van der Waals surface area contributed by atoms with E-state index in [1.54, 1.807) is 13.8 Å². The molecule has 0 aliphatic rings. The molecule has 0 saturated heterocycles. The van der Waals surface area contributed by atoms with Gasteiger partial charge in [0.05, 0.1) is 11.4 Å². The van der Waals surface area contributed by atoms with E-state index in [0.717, 1.165) is 22.5 Å². The molecule has 7 nitrogen and oxygen atoms in total. The topological polar surface area (TPSA) is 93.1 Å². The van der Waals surface area contributed by atoms with Crippen molar-refractivity contribution in [2.24, 2.45) is 10.3 Å². The molecule has 0 aromatic carbocycles. The van der Waals surface area contributed by atoms with E-state index >= 15 is 0 Å². The van der Waals surface area contributed by atoms with Gasteiger partial charge in [0.15, 0.2) is 0 Å². The largest absolute Gasteiger partial charge is 0.357 e. The van der Waals surface area contributed by atoms with Crippen LogP contribution in [-0.2, 0) is 19.3 Å². The molecule has 21 heavy (non-hydrogen) atoms. The molecular weight excluding hydrogens is 274 g/mol. The highest BCUT2D eigenvalue weighted by molar-refractivity contribution is 6.06. The van der Waals surface area contributed by atoms with Gasteiger partial charge < -0.3 is 14.7 Å². The maximum absolute atomic E-state index is 10.8. The van der Waals surface area contributed by atoms with Crippen LogP contribution >= 0.6 is 0 Å². The number of rotatable bonds is 4. The molecule has 0 unspecified atom stereocenters. The summed E-state index contributed by atoms with van der Waals surface area (Å²) < 4.78 is 0. The van der Waals surface area contributed by atoms with Crippen LogP contribution in [0.5, 0.6) is 0 Å². The Morgan fingerprint density at radius 3 is 1.86 bits per heavy atom. The highest BCUT2D eigenvalue weighted by atomic mass is 16.7. The number of oxime groups is 2. The van der Waals surface area contributed by atoms with Crippen LogP contribution in [0.3, 0.4) is 0 Å². The van der Waals surface area contributed by atoms with Gasteiger partial charge in [0.1, 0.15) is 5.71 Å². The molecule has 114 valence electrons. The molecule has 0 aliphatic heterocycles. The molecule has 1 rings (SSSR count). The fraction of sp³-hybridized carbons (Fsp3) is 0.429. The lowest BCUT2D eigenvalue weighted by Crippen LogP contribution is -2.04. The molecular formula is C14H19N3O4. The predicted octanol–water partition coefficient (Wildman–Crippen LogP) is 2.21. The predicted molar refractivity (Wildman–Crippen MR) is 78.2 cm³/mol. The van der Waals surface area contributed by atoms with Gasteiger partial charge in [-0.3, -0.25) is 0 Å². The number of H-pyrrole nitrogens is 1. The first-order valence-electron chi connectivity index (χ1n) is 6.38. The molecule has 0 atom stereocenters. The second kappa shape index (κ2) is 6.83. The molecule has 0 bridgehead atoms. The van der Waals surface area contributed by atoms with Crippen molar-refractivity contribution in [1.82, 2.24) is 4.98 Å². The second-order valence-electron chi connectivity index (χ2n) is 4.64. The van der Waals surface area contributed by atoms with Crippen molar-refractivity contribution < 1.29 is 19.3 Å². The number of aromatic nitrogens is 1. The lowest BCUT2D eigenvalue weighted by Gasteiger charge is -2.02. The standard InChI is InChI=1S/C14H19N3O4/c1-7-13(9(3)16-20-11(5)18)8(2)15-14(7)10(4)17-21-12(6)19/h15H,1-6H3/b16-9+,17-10+. The number of aryl methyl sites for hydroxylation is 1. The first-order chi connectivity index (χ1) is 9.73. The van der Waals surface area contributed by atoms with Gasteiger partial charge in [-0.05, 0) is 33.3 Å². The molecule has 0 amide bonds. The quantitative estimate of drug-likeness (QED) is 0.523. The Hall–Kier alpha value is -2.44. The van der Waals surface area contributed by atoms with Crippen LogP contribution in [-0.4, -0.2) is 28.3 Å². The molecule has 1 heterocycles. The Bertz CT molecular complexity index is 626. The Balaban J connectivity index is 3.16. The number of aromatic amines is 1. The van der Waals surface area contributed by atoms with Crippen molar-refractivity contribution in [3.8, 4) is 0 Å². The van der Waals surface area contributed by atoms with E-state index in [4.69, 9.17) is 0 Å². The fourth-order valence-corrected chi connectivity index (χ4v) is 2.01. The van der Waals surface area contributed by atoms with Crippen LogP contribution in [0.2, 0.25) is 0 Å². The van der Waals surface area contributed by atoms with Gasteiger partial charge in [0.25, 0.3) is 0 Å². The van der Waals surface area contributed by atoms with Crippen molar-refractivity contribution in [3.05, 3.63) is 22.5 Å². The minimum atomic E-state index is -0.483. The maximum Gasteiger partial charge on any atom is 0.331 e. The number of carbonyl (C=O) groups excluding carboxylic acids is 2. The number of nitrogens with zero attached hydrogens (tertiary/aromatic N) is 2. The average molecular weight is 293 g/mol. The number of hydrogen-bond acceptors (Lipinski definition) is 6. The van der Waals surface area contributed by atoms with Crippen molar-refractivity contribution in [1.29, 1.82) is 0 Å². The zero-order chi connectivity index (χ0) is 16.2. The Labute approximate surface area is 123 Å². The number of hydrogen-bond donors (Lipinski definition) is 1. The van der Waals surface area contributed by atoms with Crippen LogP contribution in [0.1, 0.15) is 50.2 Å². The Morgan fingerprint density at radius 2 is 1.38 bits per heavy atom. The smallest absolute Gasteiger partial charge is 0.331 e. The molecule has 0 saturated carbocycles. The van der Waals surface area contributed by atoms with Crippen LogP contribution in [0.4, 0.5) is 0 Å². The van der Waals surface area contributed by atoms with Crippen LogP contribution in [0, 0.1) is 13.8 Å².